The second-order valence-electron chi connectivity index (χ2n) is 2.07. The van der Waals surface area contributed by atoms with Crippen LogP contribution in [0.5, 0.6) is 5.88 Å². The van der Waals surface area contributed by atoms with Crippen LogP contribution in [0.4, 0.5) is 0 Å². The third kappa shape index (κ3) is 1.62. The number of carbonyl (C=O) groups is 1. The Kier molecular flexibility index (Phi) is 2.44. The third-order valence-corrected chi connectivity index (χ3v) is 1.56. The minimum absolute atomic E-state index is 0.0751. The van der Waals surface area contributed by atoms with Crippen molar-refractivity contribution >= 4 is 18.2 Å². The number of hydrogen-bond acceptors (Lipinski definition) is 3. The predicted molar refractivity (Wildman–Crippen MR) is 45.1 cm³/mol. The fraction of sp³-hybridized carbons (Fsp3) is 0.143. The second-order valence-corrected chi connectivity index (χ2v) is 2.51. The molecule has 5 heteroatoms. The fourth-order valence-corrected chi connectivity index (χ4v) is 0.946. The molecule has 0 saturated heterocycles. The van der Waals surface area contributed by atoms with E-state index in [0.29, 0.717) is 4.64 Å². The zero-order valence-corrected chi connectivity index (χ0v) is 7.14. The molecule has 1 aromatic heterocycles. The zero-order chi connectivity index (χ0) is 9.14. The van der Waals surface area contributed by atoms with Gasteiger partial charge in [0, 0.05) is 0 Å². The summed E-state index contributed by atoms with van der Waals surface area (Å²) in [4.78, 5) is 13.2. The van der Waals surface area contributed by atoms with Gasteiger partial charge in [-0.2, -0.15) is 0 Å². The second kappa shape index (κ2) is 3.36. The van der Waals surface area contributed by atoms with E-state index >= 15 is 0 Å². The maximum Gasteiger partial charge on any atom is 0.341 e. The maximum atomic E-state index is 10.6. The van der Waals surface area contributed by atoms with Crippen LogP contribution in [0.1, 0.15) is 10.4 Å². The lowest BCUT2D eigenvalue weighted by atomic mass is 10.3. The van der Waals surface area contributed by atoms with Crippen LogP contribution in [0.15, 0.2) is 12.1 Å². The number of ether oxygens (including phenoxy) is 1. The Morgan fingerprint density at radius 1 is 1.67 bits per heavy atom. The molecule has 0 unspecified atom stereocenters. The van der Waals surface area contributed by atoms with Crippen LogP contribution < -0.4 is 4.74 Å². The van der Waals surface area contributed by atoms with E-state index in [1.165, 1.54) is 19.2 Å². The van der Waals surface area contributed by atoms with Crippen molar-refractivity contribution in [1.82, 2.24) is 4.98 Å². The lowest BCUT2D eigenvalue weighted by Gasteiger charge is -2.02. The topological polar surface area (TPSA) is 62.3 Å². The summed E-state index contributed by atoms with van der Waals surface area (Å²) in [6, 6.07) is 2.90. The number of rotatable bonds is 2. The summed E-state index contributed by atoms with van der Waals surface area (Å²) >= 11 is 4.78. The maximum absolute atomic E-state index is 10.6. The number of pyridine rings is 1. The van der Waals surface area contributed by atoms with E-state index in [-0.39, 0.29) is 11.4 Å². The Labute approximate surface area is 73.8 Å². The van der Waals surface area contributed by atoms with Gasteiger partial charge in [0.15, 0.2) is 0 Å². The Morgan fingerprint density at radius 2 is 2.33 bits per heavy atom. The van der Waals surface area contributed by atoms with Gasteiger partial charge in [0.05, 0.1) is 7.11 Å². The molecule has 0 bridgehead atoms. The predicted octanol–water partition coefficient (Wildman–Crippen LogP) is 1.45. The molecule has 0 spiro atoms. The zero-order valence-electron chi connectivity index (χ0n) is 6.33. The molecule has 0 amide bonds. The monoisotopic (exact) mass is 185 g/mol. The molecule has 64 valence electrons. The fourth-order valence-electron chi connectivity index (χ4n) is 0.785. The molecule has 0 saturated carbocycles. The first-order valence-electron chi connectivity index (χ1n) is 3.15. The van der Waals surface area contributed by atoms with Gasteiger partial charge < -0.3 is 14.8 Å². The molecule has 0 atom stereocenters. The van der Waals surface area contributed by atoms with Crippen LogP contribution in [-0.4, -0.2) is 23.2 Å². The van der Waals surface area contributed by atoms with Gasteiger partial charge in [-0.1, -0.05) is 12.2 Å². The van der Waals surface area contributed by atoms with Crippen molar-refractivity contribution in [2.24, 2.45) is 0 Å². The lowest BCUT2D eigenvalue weighted by molar-refractivity contribution is 0.0692. The summed E-state index contributed by atoms with van der Waals surface area (Å²) in [5.74, 6) is -0.867. The SMILES string of the molecule is COc1[nH]c(=S)ccc1C(=O)O. The first-order valence-corrected chi connectivity index (χ1v) is 3.56. The third-order valence-electron chi connectivity index (χ3n) is 1.32. The van der Waals surface area contributed by atoms with E-state index in [0.717, 1.165) is 0 Å². The Hall–Kier alpha value is -1.36. The van der Waals surface area contributed by atoms with Gasteiger partial charge in [0.1, 0.15) is 10.2 Å². The van der Waals surface area contributed by atoms with E-state index in [9.17, 15) is 4.79 Å². The normalized spacial score (nSPS) is 9.42. The number of carboxylic acids is 1. The molecule has 1 rings (SSSR count). The molecule has 0 fully saturated rings. The first-order chi connectivity index (χ1) is 5.65. The number of carboxylic acid groups (broad SMARTS) is 1. The van der Waals surface area contributed by atoms with Gasteiger partial charge in [-0.15, -0.1) is 0 Å². The number of aromatic amines is 1. The molecule has 1 aromatic rings. The highest BCUT2D eigenvalue weighted by Crippen LogP contribution is 2.13. The number of aromatic carboxylic acids is 1. The molecule has 1 heterocycles. The summed E-state index contributed by atoms with van der Waals surface area (Å²) in [5.41, 5.74) is 0.0751. The summed E-state index contributed by atoms with van der Waals surface area (Å²) < 4.78 is 5.23. The van der Waals surface area contributed by atoms with Crippen molar-refractivity contribution in [2.75, 3.05) is 7.11 Å². The van der Waals surface area contributed by atoms with Gasteiger partial charge >= 0.3 is 5.97 Å². The van der Waals surface area contributed by atoms with E-state index in [4.69, 9.17) is 22.1 Å². The Morgan fingerprint density at radius 3 is 2.83 bits per heavy atom. The van der Waals surface area contributed by atoms with Crippen LogP contribution in [0.25, 0.3) is 0 Å². The Balaban J connectivity index is 3.29. The van der Waals surface area contributed by atoms with E-state index in [2.05, 4.69) is 4.98 Å². The number of nitrogens with one attached hydrogen (secondary N) is 1. The van der Waals surface area contributed by atoms with E-state index in [1.807, 2.05) is 0 Å². The summed E-state index contributed by atoms with van der Waals surface area (Å²) in [7, 11) is 1.38. The number of aromatic nitrogens is 1. The highest BCUT2D eigenvalue weighted by atomic mass is 32.1. The number of H-pyrrole nitrogens is 1. The molecular weight excluding hydrogens is 178 g/mol. The Bertz CT molecular complexity index is 358. The molecule has 12 heavy (non-hydrogen) atoms. The van der Waals surface area contributed by atoms with Crippen LogP contribution in [-0.2, 0) is 0 Å². The average molecular weight is 185 g/mol. The summed E-state index contributed by atoms with van der Waals surface area (Å²) in [5, 5.41) is 8.65. The average Bonchev–Trinajstić information content (AvgIpc) is 2.03. The van der Waals surface area contributed by atoms with Crippen molar-refractivity contribution in [2.45, 2.75) is 0 Å². The quantitative estimate of drug-likeness (QED) is 0.684. The molecule has 0 aromatic carbocycles. The molecule has 0 radical (unpaired) electrons. The van der Waals surface area contributed by atoms with Crippen LogP contribution in [0.3, 0.4) is 0 Å². The van der Waals surface area contributed by atoms with Crippen LogP contribution in [0.2, 0.25) is 0 Å². The molecule has 4 nitrogen and oxygen atoms in total. The summed E-state index contributed by atoms with van der Waals surface area (Å²) in [6.45, 7) is 0. The van der Waals surface area contributed by atoms with Gasteiger partial charge in [0.2, 0.25) is 5.88 Å². The van der Waals surface area contributed by atoms with Gasteiger partial charge in [-0.05, 0) is 12.1 Å². The molecule has 2 N–H and O–H groups in total. The highest BCUT2D eigenvalue weighted by Gasteiger charge is 2.09. The largest absolute Gasteiger partial charge is 0.482 e. The molecular formula is C7H7NO3S. The minimum Gasteiger partial charge on any atom is -0.482 e. The van der Waals surface area contributed by atoms with Crippen LogP contribution >= 0.6 is 12.2 Å². The first kappa shape index (κ1) is 8.73. The minimum atomic E-state index is -1.04. The summed E-state index contributed by atoms with van der Waals surface area (Å²) in [6.07, 6.45) is 0. The standard InChI is InChI=1S/C7H7NO3S/c1-11-6-4(7(9)10)2-3-5(12)8-6/h2-3H,1H3,(H,8,12)(H,9,10). The van der Waals surface area contributed by atoms with Crippen molar-refractivity contribution in [3.05, 3.63) is 22.3 Å². The van der Waals surface area contributed by atoms with Crippen LogP contribution in [0, 0.1) is 4.64 Å². The number of methoxy groups -OCH3 is 1. The van der Waals surface area contributed by atoms with Crippen molar-refractivity contribution in [3.8, 4) is 5.88 Å². The molecule has 0 aliphatic rings. The highest BCUT2D eigenvalue weighted by molar-refractivity contribution is 7.71. The smallest absolute Gasteiger partial charge is 0.341 e. The van der Waals surface area contributed by atoms with E-state index < -0.39 is 5.97 Å². The van der Waals surface area contributed by atoms with Crippen molar-refractivity contribution in [3.63, 3.8) is 0 Å². The van der Waals surface area contributed by atoms with Crippen molar-refractivity contribution < 1.29 is 14.6 Å². The number of hydrogen-bond donors (Lipinski definition) is 2. The van der Waals surface area contributed by atoms with Gasteiger partial charge in [0.25, 0.3) is 0 Å². The van der Waals surface area contributed by atoms with Gasteiger partial charge in [-0.25, -0.2) is 4.79 Å². The molecule has 0 aliphatic carbocycles. The van der Waals surface area contributed by atoms with Crippen molar-refractivity contribution in [1.29, 1.82) is 0 Å². The van der Waals surface area contributed by atoms with Gasteiger partial charge in [-0.3, -0.25) is 0 Å². The lowest BCUT2D eigenvalue weighted by Crippen LogP contribution is -2.01. The van der Waals surface area contributed by atoms with E-state index in [1.54, 1.807) is 0 Å². The molecule has 0 aliphatic heterocycles.